The molecular weight excluding hydrogens is 386 g/mol. The summed E-state index contributed by atoms with van der Waals surface area (Å²) >= 11 is 5.11. The lowest BCUT2D eigenvalue weighted by molar-refractivity contribution is 0.979. The van der Waals surface area contributed by atoms with Gasteiger partial charge in [0.2, 0.25) is 4.96 Å². The second kappa shape index (κ2) is 5.25. The molecule has 0 spiro atoms. The van der Waals surface area contributed by atoms with Gasteiger partial charge >= 0.3 is 0 Å². The summed E-state index contributed by atoms with van der Waals surface area (Å²) in [6.07, 6.45) is 7.49. The molecule has 5 rings (SSSR count). The van der Waals surface area contributed by atoms with Crippen LogP contribution in [0, 0.1) is 0 Å². The third kappa shape index (κ3) is 2.16. The third-order valence-corrected chi connectivity index (χ3v) is 5.34. The molecular formula is C17H10BrN5S. The van der Waals surface area contributed by atoms with Crippen molar-refractivity contribution in [3.8, 4) is 21.8 Å². The van der Waals surface area contributed by atoms with Gasteiger partial charge in [-0.05, 0) is 30.3 Å². The summed E-state index contributed by atoms with van der Waals surface area (Å²) in [4.78, 5) is 12.9. The van der Waals surface area contributed by atoms with Crippen molar-refractivity contribution >= 4 is 43.1 Å². The van der Waals surface area contributed by atoms with Crippen LogP contribution >= 0.6 is 27.3 Å². The fourth-order valence-corrected chi connectivity index (χ4v) is 4.01. The first kappa shape index (κ1) is 13.9. The minimum atomic E-state index is 0.876. The summed E-state index contributed by atoms with van der Waals surface area (Å²) in [5.41, 5.74) is 4.13. The number of aromatic nitrogens is 5. The second-order valence-electron chi connectivity index (χ2n) is 5.39. The number of H-pyrrole nitrogens is 1. The number of hydrogen-bond acceptors (Lipinski definition) is 4. The molecule has 5 nitrogen and oxygen atoms in total. The fraction of sp³-hybridized carbons (Fsp3) is 0. The Hall–Kier alpha value is -2.51. The normalized spacial score (nSPS) is 11.5. The molecule has 1 aromatic carbocycles. The first-order valence-corrected chi connectivity index (χ1v) is 8.92. The van der Waals surface area contributed by atoms with Crippen LogP contribution in [-0.2, 0) is 0 Å². The van der Waals surface area contributed by atoms with Gasteiger partial charge in [0, 0.05) is 45.1 Å². The van der Waals surface area contributed by atoms with E-state index in [-0.39, 0.29) is 0 Å². The van der Waals surface area contributed by atoms with E-state index in [1.54, 1.807) is 23.7 Å². The van der Waals surface area contributed by atoms with E-state index in [4.69, 9.17) is 5.10 Å². The van der Waals surface area contributed by atoms with Crippen LogP contribution in [0.4, 0.5) is 0 Å². The average Bonchev–Trinajstić information content (AvgIpc) is 3.27. The van der Waals surface area contributed by atoms with Crippen LogP contribution in [0.1, 0.15) is 0 Å². The Morgan fingerprint density at radius 1 is 1.12 bits per heavy atom. The molecule has 24 heavy (non-hydrogen) atoms. The Morgan fingerprint density at radius 3 is 2.83 bits per heavy atom. The summed E-state index contributed by atoms with van der Waals surface area (Å²) < 4.78 is 2.89. The quantitative estimate of drug-likeness (QED) is 0.468. The van der Waals surface area contributed by atoms with Gasteiger partial charge in [0.15, 0.2) is 0 Å². The Balaban J connectivity index is 1.63. The van der Waals surface area contributed by atoms with Crippen molar-refractivity contribution < 1.29 is 0 Å². The lowest BCUT2D eigenvalue weighted by atomic mass is 10.2. The highest BCUT2D eigenvalue weighted by Crippen LogP contribution is 2.34. The van der Waals surface area contributed by atoms with Gasteiger partial charge in [-0.1, -0.05) is 27.3 Å². The summed E-state index contributed by atoms with van der Waals surface area (Å²) in [5, 5.41) is 6.80. The summed E-state index contributed by atoms with van der Waals surface area (Å²) in [5.74, 6) is 0. The van der Waals surface area contributed by atoms with Gasteiger partial charge in [-0.3, -0.25) is 4.98 Å². The average molecular weight is 396 g/mol. The van der Waals surface area contributed by atoms with Crippen molar-refractivity contribution in [2.75, 3.05) is 0 Å². The minimum absolute atomic E-state index is 0.876. The van der Waals surface area contributed by atoms with Gasteiger partial charge in [0.05, 0.1) is 11.9 Å². The third-order valence-electron chi connectivity index (χ3n) is 3.89. The predicted molar refractivity (Wildman–Crippen MR) is 99.1 cm³/mol. The van der Waals surface area contributed by atoms with Crippen molar-refractivity contribution in [2.24, 2.45) is 0 Å². The van der Waals surface area contributed by atoms with Crippen molar-refractivity contribution in [1.82, 2.24) is 24.6 Å². The van der Waals surface area contributed by atoms with Crippen LogP contribution < -0.4 is 0 Å². The van der Waals surface area contributed by atoms with E-state index < -0.39 is 0 Å². The Kier molecular flexibility index (Phi) is 3.04. The van der Waals surface area contributed by atoms with Crippen LogP contribution in [0.3, 0.4) is 0 Å². The van der Waals surface area contributed by atoms with Gasteiger partial charge in [-0.25, -0.2) is 9.50 Å². The molecule has 0 bridgehead atoms. The molecule has 0 atom stereocenters. The zero-order valence-corrected chi connectivity index (χ0v) is 14.7. The zero-order chi connectivity index (χ0) is 16.1. The molecule has 0 radical (unpaired) electrons. The number of benzene rings is 1. The van der Waals surface area contributed by atoms with E-state index in [1.165, 1.54) is 0 Å². The van der Waals surface area contributed by atoms with E-state index in [2.05, 4.69) is 43.0 Å². The number of halogens is 1. The van der Waals surface area contributed by atoms with E-state index in [1.807, 2.05) is 35.1 Å². The smallest absolute Gasteiger partial charge is 0.213 e. The second-order valence-corrected chi connectivity index (χ2v) is 7.26. The maximum atomic E-state index is 4.70. The first-order chi connectivity index (χ1) is 11.8. The number of nitrogens with one attached hydrogen (secondary N) is 1. The monoisotopic (exact) mass is 395 g/mol. The molecule has 4 heterocycles. The molecule has 0 fully saturated rings. The number of nitrogens with zero attached hydrogens (tertiary/aromatic N) is 4. The molecule has 7 heteroatoms. The largest absolute Gasteiger partial charge is 0.360 e. The summed E-state index contributed by atoms with van der Waals surface area (Å²) in [6, 6.07) is 10.1. The number of aromatic amines is 1. The highest BCUT2D eigenvalue weighted by molar-refractivity contribution is 9.10. The highest BCUT2D eigenvalue weighted by atomic mass is 79.9. The minimum Gasteiger partial charge on any atom is -0.360 e. The van der Waals surface area contributed by atoms with Gasteiger partial charge < -0.3 is 4.98 Å². The van der Waals surface area contributed by atoms with E-state index in [0.717, 1.165) is 42.2 Å². The van der Waals surface area contributed by atoms with Crippen molar-refractivity contribution in [2.45, 2.75) is 0 Å². The molecule has 0 aliphatic heterocycles. The Morgan fingerprint density at radius 2 is 2.00 bits per heavy atom. The van der Waals surface area contributed by atoms with E-state index >= 15 is 0 Å². The standard InChI is InChI=1S/C17H10BrN5S/c18-11-1-2-14-12(7-11)13(8-20-14)16-22-23-9-15(21-17(23)24-16)10-3-5-19-6-4-10/h1-9,20H. The first-order valence-electron chi connectivity index (χ1n) is 7.31. The zero-order valence-electron chi connectivity index (χ0n) is 12.3. The van der Waals surface area contributed by atoms with Crippen LogP contribution in [0.25, 0.3) is 37.7 Å². The van der Waals surface area contributed by atoms with Crippen molar-refractivity contribution in [3.05, 3.63) is 59.6 Å². The number of pyridine rings is 1. The lowest BCUT2D eigenvalue weighted by Crippen LogP contribution is -1.82. The molecule has 0 aliphatic carbocycles. The fourth-order valence-electron chi connectivity index (χ4n) is 2.74. The number of hydrogen-bond donors (Lipinski definition) is 1. The van der Waals surface area contributed by atoms with E-state index in [0.29, 0.717) is 0 Å². The van der Waals surface area contributed by atoms with Gasteiger partial charge in [-0.2, -0.15) is 5.10 Å². The number of fused-ring (bicyclic) bond motifs is 2. The van der Waals surface area contributed by atoms with Gasteiger partial charge in [0.25, 0.3) is 0 Å². The van der Waals surface area contributed by atoms with Gasteiger partial charge in [0.1, 0.15) is 5.01 Å². The summed E-state index contributed by atoms with van der Waals surface area (Å²) in [7, 11) is 0. The number of imidazole rings is 1. The Bertz CT molecular complexity index is 1140. The van der Waals surface area contributed by atoms with Crippen LogP contribution in [-0.4, -0.2) is 24.6 Å². The molecule has 5 aromatic rings. The molecule has 116 valence electrons. The van der Waals surface area contributed by atoms with E-state index in [9.17, 15) is 0 Å². The van der Waals surface area contributed by atoms with Crippen LogP contribution in [0.15, 0.2) is 59.6 Å². The Labute approximate surface area is 149 Å². The van der Waals surface area contributed by atoms with Crippen LogP contribution in [0.2, 0.25) is 0 Å². The molecule has 0 amide bonds. The molecule has 4 aromatic heterocycles. The summed E-state index contributed by atoms with van der Waals surface area (Å²) in [6.45, 7) is 0. The topological polar surface area (TPSA) is 58.9 Å². The predicted octanol–water partition coefficient (Wildman–Crippen LogP) is 4.76. The molecule has 0 saturated carbocycles. The van der Waals surface area contributed by atoms with Crippen LogP contribution in [0.5, 0.6) is 0 Å². The molecule has 1 N–H and O–H groups in total. The highest BCUT2D eigenvalue weighted by Gasteiger charge is 2.14. The van der Waals surface area contributed by atoms with Gasteiger partial charge in [-0.15, -0.1) is 0 Å². The van der Waals surface area contributed by atoms with Crippen molar-refractivity contribution in [3.63, 3.8) is 0 Å². The maximum Gasteiger partial charge on any atom is 0.213 e. The maximum absolute atomic E-state index is 4.70. The molecule has 0 unspecified atom stereocenters. The number of rotatable bonds is 2. The lowest BCUT2D eigenvalue weighted by Gasteiger charge is -1.95. The SMILES string of the molecule is Brc1ccc2[nH]cc(-c3nn4cc(-c5ccncc5)nc4s3)c2c1. The van der Waals surface area contributed by atoms with Crippen molar-refractivity contribution in [1.29, 1.82) is 0 Å². The molecule has 0 saturated heterocycles. The molecule has 0 aliphatic rings.